The smallest absolute Gasteiger partial charge is 0.138 e. The van der Waals surface area contributed by atoms with E-state index in [2.05, 4.69) is 185 Å². The molecule has 4 aromatic heterocycles. The molecule has 0 aliphatic carbocycles. The first kappa shape index (κ1) is 28.9. The summed E-state index contributed by atoms with van der Waals surface area (Å²) in [6.07, 6.45) is 0. The molecule has 8 aromatic carbocycles. The molecular formula is C49H29N3S. The van der Waals surface area contributed by atoms with E-state index in [-0.39, 0.29) is 0 Å². The topological polar surface area (TPSA) is 22.8 Å². The molecular weight excluding hydrogens is 663 g/mol. The fourth-order valence-electron chi connectivity index (χ4n) is 8.80. The molecule has 0 unspecified atom stereocenters. The Balaban J connectivity index is 1.24. The molecule has 0 fully saturated rings. The lowest BCUT2D eigenvalue weighted by atomic mass is 10.0. The van der Waals surface area contributed by atoms with E-state index < -0.39 is 0 Å². The van der Waals surface area contributed by atoms with E-state index in [1.54, 1.807) is 0 Å². The van der Waals surface area contributed by atoms with Crippen LogP contribution in [0.15, 0.2) is 176 Å². The number of rotatable bonds is 3. The molecule has 12 rings (SSSR count). The molecule has 0 spiro atoms. The Kier molecular flexibility index (Phi) is 5.93. The predicted molar refractivity (Wildman–Crippen MR) is 226 cm³/mol. The minimum absolute atomic E-state index is 0.911. The molecule has 4 heteroatoms. The lowest BCUT2D eigenvalue weighted by Gasteiger charge is -2.13. The zero-order valence-corrected chi connectivity index (χ0v) is 29.3. The van der Waals surface area contributed by atoms with Crippen LogP contribution >= 0.6 is 11.3 Å². The van der Waals surface area contributed by atoms with Crippen LogP contribution in [0.3, 0.4) is 0 Å². The zero-order chi connectivity index (χ0) is 34.6. The fraction of sp³-hybridized carbons (Fsp3) is 0. The highest BCUT2D eigenvalue weighted by atomic mass is 32.1. The van der Waals surface area contributed by atoms with Gasteiger partial charge in [-0.05, 0) is 76.5 Å². The van der Waals surface area contributed by atoms with Crippen LogP contribution in [0.2, 0.25) is 0 Å². The van der Waals surface area contributed by atoms with E-state index in [0.29, 0.717) is 0 Å². The van der Waals surface area contributed by atoms with Crippen molar-refractivity contribution in [2.24, 2.45) is 0 Å². The van der Waals surface area contributed by atoms with Crippen molar-refractivity contribution in [3.63, 3.8) is 0 Å². The number of thiophene rings is 1. The minimum Gasteiger partial charge on any atom is -0.309 e. The molecule has 53 heavy (non-hydrogen) atoms. The van der Waals surface area contributed by atoms with Gasteiger partial charge >= 0.3 is 0 Å². The minimum atomic E-state index is 0.911. The summed E-state index contributed by atoms with van der Waals surface area (Å²) in [5, 5.41) is 11.4. The summed E-state index contributed by atoms with van der Waals surface area (Å²) in [5.41, 5.74) is 9.17. The normalized spacial score (nSPS) is 12.2. The third kappa shape index (κ3) is 4.07. The Labute approximate surface area is 308 Å². The SMILES string of the molecule is c1ccc(-c2cc(-n3c4ccccc4c4cc5c6c7sc8ccc9ccccc9c8c7ccc6n(-c6ccccc6)c5cc43)nc3ccccc23)cc1. The summed E-state index contributed by atoms with van der Waals surface area (Å²) in [5.74, 6) is 0.911. The maximum absolute atomic E-state index is 5.36. The number of benzene rings is 8. The number of hydrogen-bond donors (Lipinski definition) is 0. The van der Waals surface area contributed by atoms with Crippen molar-refractivity contribution >= 4 is 96.8 Å². The molecule has 0 aliphatic rings. The Morgan fingerprint density at radius 3 is 2.00 bits per heavy atom. The Hall–Kier alpha value is -6.75. The number of pyridine rings is 1. The van der Waals surface area contributed by atoms with Crippen molar-refractivity contribution in [1.82, 2.24) is 14.1 Å². The molecule has 0 radical (unpaired) electrons. The van der Waals surface area contributed by atoms with Gasteiger partial charge in [-0.3, -0.25) is 4.57 Å². The largest absolute Gasteiger partial charge is 0.309 e. The summed E-state index contributed by atoms with van der Waals surface area (Å²) >= 11 is 1.91. The Morgan fingerprint density at radius 1 is 0.415 bits per heavy atom. The van der Waals surface area contributed by atoms with Crippen molar-refractivity contribution in [2.75, 3.05) is 0 Å². The number of aromatic nitrogens is 3. The summed E-state index contributed by atoms with van der Waals surface area (Å²) in [7, 11) is 0. The molecule has 12 aromatic rings. The highest BCUT2D eigenvalue weighted by molar-refractivity contribution is 7.27. The van der Waals surface area contributed by atoms with Crippen LogP contribution < -0.4 is 0 Å². The van der Waals surface area contributed by atoms with Gasteiger partial charge in [0.25, 0.3) is 0 Å². The van der Waals surface area contributed by atoms with Crippen LogP contribution in [0.25, 0.3) is 108 Å². The summed E-state index contributed by atoms with van der Waals surface area (Å²) < 4.78 is 7.48. The first-order valence-corrected chi connectivity index (χ1v) is 18.9. The van der Waals surface area contributed by atoms with Gasteiger partial charge in [0.2, 0.25) is 0 Å². The maximum Gasteiger partial charge on any atom is 0.138 e. The van der Waals surface area contributed by atoms with E-state index >= 15 is 0 Å². The van der Waals surface area contributed by atoms with E-state index in [1.807, 2.05) is 11.3 Å². The zero-order valence-electron chi connectivity index (χ0n) is 28.5. The molecule has 0 aliphatic heterocycles. The van der Waals surface area contributed by atoms with Crippen molar-refractivity contribution in [3.05, 3.63) is 176 Å². The molecule has 0 N–H and O–H groups in total. The van der Waals surface area contributed by atoms with Crippen LogP contribution in [-0.4, -0.2) is 14.1 Å². The highest BCUT2D eigenvalue weighted by Crippen LogP contribution is 2.47. The first-order chi connectivity index (χ1) is 26.3. The number of hydrogen-bond acceptors (Lipinski definition) is 2. The van der Waals surface area contributed by atoms with Gasteiger partial charge < -0.3 is 4.57 Å². The molecule has 0 amide bonds. The van der Waals surface area contributed by atoms with Gasteiger partial charge in [0.05, 0.1) is 27.6 Å². The molecule has 0 saturated carbocycles. The lowest BCUT2D eigenvalue weighted by Crippen LogP contribution is -2.00. The van der Waals surface area contributed by atoms with E-state index in [9.17, 15) is 0 Å². The second-order valence-electron chi connectivity index (χ2n) is 13.9. The Morgan fingerprint density at radius 2 is 1.13 bits per heavy atom. The lowest BCUT2D eigenvalue weighted by molar-refractivity contribution is 1.10. The van der Waals surface area contributed by atoms with Crippen molar-refractivity contribution in [2.45, 2.75) is 0 Å². The van der Waals surface area contributed by atoms with Crippen molar-refractivity contribution < 1.29 is 0 Å². The van der Waals surface area contributed by atoms with Crippen LogP contribution in [-0.2, 0) is 0 Å². The van der Waals surface area contributed by atoms with E-state index in [0.717, 1.165) is 33.4 Å². The second-order valence-corrected chi connectivity index (χ2v) is 15.0. The fourth-order valence-corrected chi connectivity index (χ4v) is 10.1. The molecule has 4 heterocycles. The van der Waals surface area contributed by atoms with Gasteiger partial charge in [-0.15, -0.1) is 11.3 Å². The van der Waals surface area contributed by atoms with Crippen molar-refractivity contribution in [1.29, 1.82) is 0 Å². The quantitative estimate of drug-likeness (QED) is 0.181. The molecule has 3 nitrogen and oxygen atoms in total. The van der Waals surface area contributed by atoms with Gasteiger partial charge in [0, 0.05) is 52.8 Å². The number of fused-ring (bicyclic) bond motifs is 13. The highest BCUT2D eigenvalue weighted by Gasteiger charge is 2.22. The first-order valence-electron chi connectivity index (χ1n) is 18.1. The molecule has 0 bridgehead atoms. The van der Waals surface area contributed by atoms with Gasteiger partial charge in [-0.2, -0.15) is 0 Å². The van der Waals surface area contributed by atoms with Gasteiger partial charge in [-0.1, -0.05) is 121 Å². The van der Waals surface area contributed by atoms with Gasteiger partial charge in [0.15, 0.2) is 0 Å². The maximum atomic E-state index is 5.36. The third-order valence-electron chi connectivity index (χ3n) is 11.1. The average molecular weight is 692 g/mol. The molecule has 0 atom stereocenters. The average Bonchev–Trinajstić information content (AvgIpc) is 3.87. The second kappa shape index (κ2) is 10.9. The summed E-state index contributed by atoms with van der Waals surface area (Å²) in [6, 6.07) is 63.9. The van der Waals surface area contributed by atoms with Crippen LogP contribution in [0.5, 0.6) is 0 Å². The third-order valence-corrected chi connectivity index (χ3v) is 12.3. The van der Waals surface area contributed by atoms with Crippen molar-refractivity contribution in [3.8, 4) is 22.6 Å². The summed E-state index contributed by atoms with van der Waals surface area (Å²) in [4.78, 5) is 5.36. The van der Waals surface area contributed by atoms with E-state index in [4.69, 9.17) is 4.98 Å². The van der Waals surface area contributed by atoms with Crippen LogP contribution in [0.1, 0.15) is 0 Å². The number of para-hydroxylation sites is 3. The van der Waals surface area contributed by atoms with Gasteiger partial charge in [0.1, 0.15) is 5.82 Å². The van der Waals surface area contributed by atoms with Crippen LogP contribution in [0, 0.1) is 0 Å². The summed E-state index contributed by atoms with van der Waals surface area (Å²) in [6.45, 7) is 0. The Bertz CT molecular complexity index is 3440. The molecule has 246 valence electrons. The van der Waals surface area contributed by atoms with E-state index in [1.165, 1.54) is 74.6 Å². The van der Waals surface area contributed by atoms with Gasteiger partial charge in [-0.25, -0.2) is 4.98 Å². The number of nitrogens with zero attached hydrogens (tertiary/aromatic N) is 3. The van der Waals surface area contributed by atoms with Crippen LogP contribution in [0.4, 0.5) is 0 Å². The molecule has 0 saturated heterocycles. The predicted octanol–water partition coefficient (Wildman–Crippen LogP) is 13.6. The monoisotopic (exact) mass is 691 g/mol. The standard InChI is InChI=1S/C49H29N3S/c1-3-13-30(14-4-1)37-28-46(50-40-21-11-9-19-34(37)40)52-41-22-12-10-20-35(41)38-27-39-44(29-43(38)52)51(32-16-5-2-6-17-32)42-25-24-36-47-33-18-8-7-15-31(33)23-26-45(47)53-49(36)48(39)42/h1-29H.